The number of pyridine rings is 1. The largest absolute Gasteiger partial charge is 0.416 e. The van der Waals surface area contributed by atoms with Gasteiger partial charge in [-0.2, -0.15) is 13.2 Å². The van der Waals surface area contributed by atoms with Crippen molar-refractivity contribution in [1.82, 2.24) is 4.98 Å². The summed E-state index contributed by atoms with van der Waals surface area (Å²) < 4.78 is 38.9. The van der Waals surface area contributed by atoms with Gasteiger partial charge in [0.15, 0.2) is 0 Å². The molecule has 0 atom stereocenters. The Morgan fingerprint density at radius 1 is 1.04 bits per heavy atom. The first-order valence-electron chi connectivity index (χ1n) is 8.49. The van der Waals surface area contributed by atoms with Gasteiger partial charge >= 0.3 is 6.18 Å². The third kappa shape index (κ3) is 3.33. The quantitative estimate of drug-likeness (QED) is 0.410. The first-order valence-corrected chi connectivity index (χ1v) is 9.30. The van der Waals surface area contributed by atoms with Gasteiger partial charge in [-0.25, -0.2) is 4.98 Å². The highest BCUT2D eigenvalue weighted by atomic mass is 32.1. The van der Waals surface area contributed by atoms with Gasteiger partial charge in [-0.05, 0) is 48.9 Å². The van der Waals surface area contributed by atoms with Crippen LogP contribution in [0, 0.1) is 6.92 Å². The monoisotopic (exact) mass is 400 g/mol. The predicted molar refractivity (Wildman–Crippen MR) is 106 cm³/mol. The number of carbonyl (C=O) groups excluding carboxylic acids is 1. The first kappa shape index (κ1) is 18.4. The van der Waals surface area contributed by atoms with Crippen LogP contribution in [-0.2, 0) is 6.18 Å². The molecule has 3 nitrogen and oxygen atoms in total. The number of carbonyl (C=O) groups is 1. The summed E-state index contributed by atoms with van der Waals surface area (Å²) in [6, 6.07) is 14.4. The minimum Gasteiger partial charge on any atom is -0.311 e. The van der Waals surface area contributed by atoms with Crippen molar-refractivity contribution in [3.05, 3.63) is 70.6 Å². The third-order valence-corrected chi connectivity index (χ3v) is 5.57. The van der Waals surface area contributed by atoms with Crippen LogP contribution in [0.5, 0.6) is 0 Å². The van der Waals surface area contributed by atoms with Gasteiger partial charge in [-0.3, -0.25) is 4.79 Å². The number of amides is 1. The molecule has 2 aromatic heterocycles. The number of alkyl halides is 3. The summed E-state index contributed by atoms with van der Waals surface area (Å²) >= 11 is 1.23. The first-order chi connectivity index (χ1) is 13.2. The number of aryl methyl sites for hydroxylation is 1. The van der Waals surface area contributed by atoms with E-state index in [4.69, 9.17) is 0 Å². The summed E-state index contributed by atoms with van der Waals surface area (Å²) in [6.45, 7) is 1.98. The summed E-state index contributed by atoms with van der Waals surface area (Å²) in [5.74, 6) is -0.373. The zero-order valence-corrected chi connectivity index (χ0v) is 15.9. The number of anilines is 1. The van der Waals surface area contributed by atoms with Gasteiger partial charge in [-0.1, -0.05) is 18.2 Å². The highest BCUT2D eigenvalue weighted by Gasteiger charge is 2.31. The molecule has 0 unspecified atom stereocenters. The van der Waals surface area contributed by atoms with Crippen LogP contribution in [0.1, 0.15) is 20.8 Å². The highest BCUT2D eigenvalue weighted by Crippen LogP contribution is 2.33. The van der Waals surface area contributed by atoms with Crippen molar-refractivity contribution >= 4 is 44.1 Å². The number of nitrogens with zero attached hydrogens (tertiary/aromatic N) is 2. The molecule has 0 radical (unpaired) electrons. The van der Waals surface area contributed by atoms with E-state index >= 15 is 0 Å². The van der Waals surface area contributed by atoms with Crippen molar-refractivity contribution in [3.8, 4) is 0 Å². The highest BCUT2D eigenvalue weighted by molar-refractivity contribution is 7.20. The van der Waals surface area contributed by atoms with Crippen LogP contribution in [0.15, 0.2) is 54.6 Å². The number of hydrogen-bond acceptors (Lipinski definition) is 3. The molecule has 0 fully saturated rings. The van der Waals surface area contributed by atoms with Crippen molar-refractivity contribution in [3.63, 3.8) is 0 Å². The van der Waals surface area contributed by atoms with E-state index < -0.39 is 11.7 Å². The number of thiophene rings is 1. The molecule has 0 saturated carbocycles. The Morgan fingerprint density at radius 2 is 1.82 bits per heavy atom. The standard InChI is InChI=1S/C21H15F3N2OS/c1-12-6-7-13-9-14-10-18(28-19(14)25-17(13)8-12)20(27)26(2)16-5-3-4-15(11-16)21(22,23)24/h3-11H,1-2H3. The number of rotatable bonds is 2. The van der Waals surface area contributed by atoms with Gasteiger partial charge in [0, 0.05) is 23.5 Å². The van der Waals surface area contributed by atoms with E-state index in [0.29, 0.717) is 4.88 Å². The Hall–Kier alpha value is -2.93. The second-order valence-corrected chi connectivity index (χ2v) is 7.63. The van der Waals surface area contributed by atoms with Crippen molar-refractivity contribution in [2.24, 2.45) is 0 Å². The predicted octanol–water partition coefficient (Wildman–Crippen LogP) is 6.05. The van der Waals surface area contributed by atoms with Crippen molar-refractivity contribution in [2.45, 2.75) is 13.1 Å². The maximum absolute atomic E-state index is 13.0. The molecule has 4 rings (SSSR count). The molecule has 1 amide bonds. The summed E-state index contributed by atoms with van der Waals surface area (Å²) in [4.78, 5) is 19.8. The van der Waals surface area contributed by atoms with E-state index in [1.807, 2.05) is 31.2 Å². The number of benzene rings is 2. The normalized spacial score (nSPS) is 11.9. The number of hydrogen-bond donors (Lipinski definition) is 0. The van der Waals surface area contributed by atoms with Crippen molar-refractivity contribution in [2.75, 3.05) is 11.9 Å². The van der Waals surface area contributed by atoms with Crippen LogP contribution < -0.4 is 4.90 Å². The maximum atomic E-state index is 13.0. The zero-order chi connectivity index (χ0) is 20.1. The molecule has 0 N–H and O–H groups in total. The molecular weight excluding hydrogens is 385 g/mol. The lowest BCUT2D eigenvalue weighted by atomic mass is 10.1. The second-order valence-electron chi connectivity index (χ2n) is 6.60. The average Bonchev–Trinajstić information content (AvgIpc) is 3.07. The van der Waals surface area contributed by atoms with Crippen LogP contribution in [0.3, 0.4) is 0 Å². The van der Waals surface area contributed by atoms with Gasteiger partial charge in [0.2, 0.25) is 0 Å². The molecule has 2 heterocycles. The minimum atomic E-state index is -4.46. The molecule has 0 spiro atoms. The minimum absolute atomic E-state index is 0.186. The lowest BCUT2D eigenvalue weighted by Gasteiger charge is -2.18. The summed E-state index contributed by atoms with van der Waals surface area (Å²) in [6.07, 6.45) is -4.46. The maximum Gasteiger partial charge on any atom is 0.416 e. The Kier molecular flexibility index (Phi) is 4.34. The van der Waals surface area contributed by atoms with E-state index in [1.54, 1.807) is 6.07 Å². The fraction of sp³-hybridized carbons (Fsp3) is 0.143. The fourth-order valence-electron chi connectivity index (χ4n) is 3.01. The molecule has 4 aromatic rings. The molecule has 0 aliphatic carbocycles. The zero-order valence-electron chi connectivity index (χ0n) is 15.0. The Labute approximate surface area is 163 Å². The summed E-state index contributed by atoms with van der Waals surface area (Å²) in [5.41, 5.74) is 1.34. The smallest absolute Gasteiger partial charge is 0.311 e. The lowest BCUT2D eigenvalue weighted by Crippen LogP contribution is -2.25. The molecule has 0 aliphatic rings. The molecule has 7 heteroatoms. The van der Waals surface area contributed by atoms with Crippen molar-refractivity contribution < 1.29 is 18.0 Å². The number of halogens is 3. The average molecular weight is 400 g/mol. The fourth-order valence-corrected chi connectivity index (χ4v) is 4.01. The van der Waals surface area contributed by atoms with E-state index in [-0.39, 0.29) is 11.6 Å². The second kappa shape index (κ2) is 6.60. The molecule has 0 saturated heterocycles. The van der Waals surface area contributed by atoms with E-state index in [1.165, 1.54) is 35.4 Å². The van der Waals surface area contributed by atoms with Gasteiger partial charge in [-0.15, -0.1) is 11.3 Å². The topological polar surface area (TPSA) is 33.2 Å². The van der Waals surface area contributed by atoms with Crippen LogP contribution in [0.25, 0.3) is 21.1 Å². The van der Waals surface area contributed by atoms with Gasteiger partial charge in [0.1, 0.15) is 4.83 Å². The van der Waals surface area contributed by atoms with E-state index in [2.05, 4.69) is 4.98 Å². The molecular formula is C21H15F3N2OS. The van der Waals surface area contributed by atoms with Crippen LogP contribution in [0.2, 0.25) is 0 Å². The Bertz CT molecular complexity index is 1210. The number of fused-ring (bicyclic) bond motifs is 2. The van der Waals surface area contributed by atoms with E-state index in [0.717, 1.165) is 38.8 Å². The van der Waals surface area contributed by atoms with Gasteiger partial charge < -0.3 is 4.90 Å². The van der Waals surface area contributed by atoms with Crippen LogP contribution in [-0.4, -0.2) is 17.9 Å². The molecule has 142 valence electrons. The molecule has 2 aromatic carbocycles. The third-order valence-electron chi connectivity index (χ3n) is 4.54. The Balaban J connectivity index is 1.71. The van der Waals surface area contributed by atoms with Gasteiger partial charge in [0.25, 0.3) is 5.91 Å². The van der Waals surface area contributed by atoms with Crippen LogP contribution >= 0.6 is 11.3 Å². The molecule has 28 heavy (non-hydrogen) atoms. The molecule has 0 bridgehead atoms. The molecule has 0 aliphatic heterocycles. The lowest BCUT2D eigenvalue weighted by molar-refractivity contribution is -0.137. The Morgan fingerprint density at radius 3 is 2.57 bits per heavy atom. The number of aromatic nitrogens is 1. The van der Waals surface area contributed by atoms with Crippen LogP contribution in [0.4, 0.5) is 18.9 Å². The van der Waals surface area contributed by atoms with E-state index in [9.17, 15) is 18.0 Å². The van der Waals surface area contributed by atoms with Gasteiger partial charge in [0.05, 0.1) is 16.0 Å². The SMILES string of the molecule is Cc1ccc2cc3cc(C(=O)N(C)c4cccc(C(F)(F)F)c4)sc3nc2c1. The summed E-state index contributed by atoms with van der Waals surface area (Å²) in [7, 11) is 1.47. The van der Waals surface area contributed by atoms with Crippen molar-refractivity contribution in [1.29, 1.82) is 0 Å². The summed E-state index contributed by atoms with van der Waals surface area (Å²) in [5, 5.41) is 1.81.